The van der Waals surface area contributed by atoms with E-state index in [1.807, 2.05) is 29.3 Å². The first-order valence-electron chi connectivity index (χ1n) is 9.30. The predicted molar refractivity (Wildman–Crippen MR) is 101 cm³/mol. The van der Waals surface area contributed by atoms with Crippen LogP contribution in [-0.4, -0.2) is 39.6 Å². The minimum atomic E-state index is -0.524. The van der Waals surface area contributed by atoms with Gasteiger partial charge in [-0.1, -0.05) is 12.1 Å². The van der Waals surface area contributed by atoms with Crippen molar-refractivity contribution in [2.24, 2.45) is 0 Å². The van der Waals surface area contributed by atoms with Crippen molar-refractivity contribution in [2.75, 3.05) is 13.1 Å². The number of likely N-dealkylation sites (tertiary alicyclic amines) is 1. The van der Waals surface area contributed by atoms with Gasteiger partial charge in [0.1, 0.15) is 12.4 Å². The second-order valence-corrected chi connectivity index (χ2v) is 6.74. The summed E-state index contributed by atoms with van der Waals surface area (Å²) in [6.07, 6.45) is 5.63. The molecule has 144 valence electrons. The smallest absolute Gasteiger partial charge is 0.374 e. The molecule has 1 fully saturated rings. The molecule has 1 aliphatic heterocycles. The van der Waals surface area contributed by atoms with Crippen molar-refractivity contribution in [3.05, 3.63) is 77.5 Å². The molecule has 1 aliphatic rings. The molecule has 0 spiro atoms. The van der Waals surface area contributed by atoms with Crippen molar-refractivity contribution in [2.45, 2.75) is 26.0 Å². The van der Waals surface area contributed by atoms with Crippen LogP contribution in [0.5, 0.6) is 0 Å². The van der Waals surface area contributed by atoms with E-state index in [-0.39, 0.29) is 18.3 Å². The Morgan fingerprint density at radius 2 is 1.86 bits per heavy atom. The molecule has 1 saturated heterocycles. The Morgan fingerprint density at radius 3 is 2.57 bits per heavy atom. The Balaban J connectivity index is 1.31. The molecule has 0 radical (unpaired) electrons. The average molecular weight is 379 g/mol. The molecule has 28 heavy (non-hydrogen) atoms. The molecule has 3 aromatic rings. The molecule has 0 N–H and O–H groups in total. The summed E-state index contributed by atoms with van der Waals surface area (Å²) in [6.45, 7) is 2.21. The number of hydrogen-bond donors (Lipinski definition) is 0. The highest BCUT2D eigenvalue weighted by molar-refractivity contribution is 5.94. The minimum Gasteiger partial charge on any atom is -0.455 e. The van der Waals surface area contributed by atoms with Crippen molar-refractivity contribution in [1.29, 1.82) is 0 Å². The van der Waals surface area contributed by atoms with E-state index in [1.165, 1.54) is 0 Å². The minimum absolute atomic E-state index is 0.0568. The van der Waals surface area contributed by atoms with Crippen molar-refractivity contribution in [3.8, 4) is 0 Å². The summed E-state index contributed by atoms with van der Waals surface area (Å²) in [6, 6.07) is 12.3. The third kappa shape index (κ3) is 4.14. The topological polar surface area (TPSA) is 77.6 Å². The van der Waals surface area contributed by atoms with Crippen LogP contribution in [-0.2, 0) is 17.9 Å². The van der Waals surface area contributed by atoms with Gasteiger partial charge in [0.05, 0.1) is 6.54 Å². The summed E-state index contributed by atoms with van der Waals surface area (Å²) in [7, 11) is 0. The fourth-order valence-corrected chi connectivity index (χ4v) is 3.19. The van der Waals surface area contributed by atoms with Gasteiger partial charge in [-0.15, -0.1) is 0 Å². The molecule has 0 bridgehead atoms. The van der Waals surface area contributed by atoms with Gasteiger partial charge in [0, 0.05) is 31.0 Å². The first kappa shape index (κ1) is 18.0. The first-order valence-corrected chi connectivity index (χ1v) is 9.30. The zero-order valence-electron chi connectivity index (χ0n) is 15.4. The number of amides is 1. The van der Waals surface area contributed by atoms with Crippen LogP contribution in [0.15, 0.2) is 59.3 Å². The summed E-state index contributed by atoms with van der Waals surface area (Å²) in [5.41, 5.74) is 1.47. The molecule has 7 nitrogen and oxygen atoms in total. The molecule has 1 aromatic carbocycles. The zero-order chi connectivity index (χ0) is 19.3. The lowest BCUT2D eigenvalue weighted by atomic mass is 10.1. The van der Waals surface area contributed by atoms with E-state index in [4.69, 9.17) is 9.15 Å². The van der Waals surface area contributed by atoms with Crippen LogP contribution in [0, 0.1) is 0 Å². The van der Waals surface area contributed by atoms with Gasteiger partial charge in [-0.25, -0.2) is 4.79 Å². The normalized spacial score (nSPS) is 13.6. The van der Waals surface area contributed by atoms with Crippen LogP contribution in [0.25, 0.3) is 0 Å². The fraction of sp³-hybridized carbons (Fsp3) is 0.286. The molecule has 2 aromatic heterocycles. The summed E-state index contributed by atoms with van der Waals surface area (Å²) in [5.74, 6) is 0.314. The largest absolute Gasteiger partial charge is 0.455 e. The van der Waals surface area contributed by atoms with E-state index in [2.05, 4.69) is 5.10 Å². The van der Waals surface area contributed by atoms with Crippen molar-refractivity contribution in [1.82, 2.24) is 14.7 Å². The Hall–Kier alpha value is -3.35. The lowest BCUT2D eigenvalue weighted by molar-refractivity contribution is 0.0433. The molecular formula is C21H21N3O4. The number of carbonyl (C=O) groups is 2. The summed E-state index contributed by atoms with van der Waals surface area (Å²) < 4.78 is 12.5. The van der Waals surface area contributed by atoms with Gasteiger partial charge in [0.25, 0.3) is 5.91 Å². The molecule has 0 unspecified atom stereocenters. The molecule has 4 rings (SSSR count). The quantitative estimate of drug-likeness (QED) is 0.615. The van der Waals surface area contributed by atoms with Crippen LogP contribution >= 0.6 is 0 Å². The number of nitrogens with zero attached hydrogens (tertiary/aromatic N) is 3. The van der Waals surface area contributed by atoms with E-state index in [0.29, 0.717) is 17.9 Å². The maximum absolute atomic E-state index is 12.3. The van der Waals surface area contributed by atoms with Crippen LogP contribution in [0.3, 0.4) is 0 Å². The number of aromatic nitrogens is 2. The lowest BCUT2D eigenvalue weighted by Crippen LogP contribution is -2.27. The van der Waals surface area contributed by atoms with Crippen LogP contribution < -0.4 is 0 Å². The molecule has 3 heterocycles. The second-order valence-electron chi connectivity index (χ2n) is 6.74. The van der Waals surface area contributed by atoms with E-state index in [9.17, 15) is 9.59 Å². The van der Waals surface area contributed by atoms with Gasteiger partial charge in [-0.05, 0) is 48.7 Å². The number of hydrogen-bond acceptors (Lipinski definition) is 5. The Kier molecular flexibility index (Phi) is 5.23. The third-order valence-corrected chi connectivity index (χ3v) is 4.70. The second kappa shape index (κ2) is 8.12. The Morgan fingerprint density at radius 1 is 1.07 bits per heavy atom. The van der Waals surface area contributed by atoms with Gasteiger partial charge in [0.15, 0.2) is 0 Å². The maximum atomic E-state index is 12.3. The van der Waals surface area contributed by atoms with Crippen molar-refractivity contribution < 1.29 is 18.7 Å². The standard InChI is InChI=1S/C21H21N3O4/c25-20(23-11-1-2-12-23)17-6-4-16(5-7-17)15-27-21(26)19-9-8-18(28-19)14-24-13-3-10-22-24/h3-10,13H,1-2,11-12,14-15H2. The number of benzene rings is 1. The van der Waals surface area contributed by atoms with E-state index in [1.54, 1.807) is 35.1 Å². The summed E-state index contributed by atoms with van der Waals surface area (Å²) >= 11 is 0. The maximum Gasteiger partial charge on any atom is 0.374 e. The Labute approximate surface area is 162 Å². The molecule has 1 amide bonds. The lowest BCUT2D eigenvalue weighted by Gasteiger charge is -2.15. The first-order chi connectivity index (χ1) is 13.7. The fourth-order valence-electron chi connectivity index (χ4n) is 3.19. The molecular weight excluding hydrogens is 358 g/mol. The van der Waals surface area contributed by atoms with Crippen molar-refractivity contribution in [3.63, 3.8) is 0 Å². The molecule has 0 atom stereocenters. The molecule has 7 heteroatoms. The highest BCUT2D eigenvalue weighted by Crippen LogP contribution is 2.15. The van der Waals surface area contributed by atoms with Crippen LogP contribution in [0.4, 0.5) is 0 Å². The van der Waals surface area contributed by atoms with Crippen LogP contribution in [0.2, 0.25) is 0 Å². The number of rotatable bonds is 6. The monoisotopic (exact) mass is 379 g/mol. The number of ether oxygens (including phenoxy) is 1. The predicted octanol–water partition coefficient (Wildman–Crippen LogP) is 3.12. The van der Waals surface area contributed by atoms with Gasteiger partial charge in [0.2, 0.25) is 5.76 Å². The average Bonchev–Trinajstić information content (AvgIpc) is 3.48. The number of esters is 1. The zero-order valence-corrected chi connectivity index (χ0v) is 15.4. The highest BCUT2D eigenvalue weighted by Gasteiger charge is 2.19. The van der Waals surface area contributed by atoms with Crippen LogP contribution in [0.1, 0.15) is 45.1 Å². The number of carbonyl (C=O) groups excluding carboxylic acids is 2. The Bertz CT molecular complexity index is 938. The SMILES string of the molecule is O=C(OCc1ccc(C(=O)N2CCCC2)cc1)c1ccc(Cn2cccn2)o1. The summed E-state index contributed by atoms with van der Waals surface area (Å²) in [4.78, 5) is 26.4. The third-order valence-electron chi connectivity index (χ3n) is 4.70. The van der Waals surface area contributed by atoms with Gasteiger partial charge < -0.3 is 14.1 Å². The van der Waals surface area contributed by atoms with E-state index in [0.717, 1.165) is 31.5 Å². The van der Waals surface area contributed by atoms with E-state index >= 15 is 0 Å². The highest BCUT2D eigenvalue weighted by atomic mass is 16.5. The van der Waals surface area contributed by atoms with E-state index < -0.39 is 5.97 Å². The summed E-state index contributed by atoms with van der Waals surface area (Å²) in [5, 5.41) is 4.10. The van der Waals surface area contributed by atoms with Gasteiger partial charge in [-0.3, -0.25) is 9.48 Å². The van der Waals surface area contributed by atoms with Gasteiger partial charge in [-0.2, -0.15) is 5.10 Å². The molecule has 0 saturated carbocycles. The number of furan rings is 1. The van der Waals surface area contributed by atoms with Crippen molar-refractivity contribution >= 4 is 11.9 Å². The molecule has 0 aliphatic carbocycles. The van der Waals surface area contributed by atoms with Gasteiger partial charge >= 0.3 is 5.97 Å².